The smallest absolute Gasteiger partial charge is 0.243 e. The molecule has 0 aromatic carbocycles. The van der Waals surface area contributed by atoms with E-state index in [0.717, 1.165) is 19.4 Å². The highest BCUT2D eigenvalue weighted by atomic mass is 32.1. The Morgan fingerprint density at radius 2 is 1.90 bits per heavy atom. The summed E-state index contributed by atoms with van der Waals surface area (Å²) in [4.78, 5) is 25.1. The SMILES string of the molecule is CC(=O)N1CCC[C@@H](C(=O)NNC(=S)NC(C)(C)C)C1. The van der Waals surface area contributed by atoms with Crippen molar-refractivity contribution in [2.45, 2.75) is 46.1 Å². The Bertz CT molecular complexity index is 392. The molecule has 0 bridgehead atoms. The number of piperidine rings is 1. The normalized spacial score (nSPS) is 19.2. The second-order valence-electron chi connectivity index (χ2n) is 6.12. The molecule has 0 aliphatic carbocycles. The molecule has 0 spiro atoms. The van der Waals surface area contributed by atoms with Crippen molar-refractivity contribution in [3.05, 3.63) is 0 Å². The highest BCUT2D eigenvalue weighted by Crippen LogP contribution is 2.16. The lowest BCUT2D eigenvalue weighted by atomic mass is 9.97. The van der Waals surface area contributed by atoms with Gasteiger partial charge in [0.1, 0.15) is 0 Å². The van der Waals surface area contributed by atoms with Gasteiger partial charge in [0.15, 0.2) is 5.11 Å². The number of nitrogens with one attached hydrogen (secondary N) is 3. The fourth-order valence-electron chi connectivity index (χ4n) is 2.07. The summed E-state index contributed by atoms with van der Waals surface area (Å²) in [5.41, 5.74) is 5.14. The van der Waals surface area contributed by atoms with E-state index in [1.54, 1.807) is 4.90 Å². The second-order valence-corrected chi connectivity index (χ2v) is 6.53. The molecule has 1 heterocycles. The minimum absolute atomic E-state index is 0.0142. The number of thiocarbonyl (C=S) groups is 1. The average molecular weight is 300 g/mol. The van der Waals surface area contributed by atoms with Crippen molar-refractivity contribution in [2.75, 3.05) is 13.1 Å². The number of nitrogens with zero attached hydrogens (tertiary/aromatic N) is 1. The van der Waals surface area contributed by atoms with Crippen LogP contribution in [-0.2, 0) is 9.59 Å². The molecular weight excluding hydrogens is 276 g/mol. The Hall–Kier alpha value is -1.37. The molecule has 1 aliphatic rings. The topological polar surface area (TPSA) is 73.5 Å². The fraction of sp³-hybridized carbons (Fsp3) is 0.769. The summed E-state index contributed by atoms with van der Waals surface area (Å²) >= 11 is 5.09. The Morgan fingerprint density at radius 3 is 2.45 bits per heavy atom. The van der Waals surface area contributed by atoms with Crippen LogP contribution in [0.4, 0.5) is 0 Å². The third kappa shape index (κ3) is 5.73. The van der Waals surface area contributed by atoms with Gasteiger partial charge >= 0.3 is 0 Å². The van der Waals surface area contributed by atoms with E-state index in [0.29, 0.717) is 11.7 Å². The fourth-order valence-corrected chi connectivity index (χ4v) is 2.43. The van der Waals surface area contributed by atoms with Crippen LogP contribution in [-0.4, -0.2) is 40.5 Å². The summed E-state index contributed by atoms with van der Waals surface area (Å²) in [6.07, 6.45) is 1.64. The van der Waals surface area contributed by atoms with E-state index >= 15 is 0 Å². The quantitative estimate of drug-likeness (QED) is 0.487. The summed E-state index contributed by atoms with van der Waals surface area (Å²) in [6.45, 7) is 8.68. The van der Waals surface area contributed by atoms with Crippen LogP contribution < -0.4 is 16.2 Å². The molecule has 0 radical (unpaired) electrons. The molecule has 20 heavy (non-hydrogen) atoms. The van der Waals surface area contributed by atoms with Crippen molar-refractivity contribution in [2.24, 2.45) is 5.92 Å². The van der Waals surface area contributed by atoms with Crippen molar-refractivity contribution in [1.82, 2.24) is 21.1 Å². The van der Waals surface area contributed by atoms with Crippen LogP contribution in [0.15, 0.2) is 0 Å². The van der Waals surface area contributed by atoms with E-state index in [1.165, 1.54) is 6.92 Å². The lowest BCUT2D eigenvalue weighted by molar-refractivity contribution is -0.134. The van der Waals surface area contributed by atoms with Gasteiger partial charge in [-0.05, 0) is 45.8 Å². The number of likely N-dealkylation sites (tertiary alicyclic amines) is 1. The van der Waals surface area contributed by atoms with Gasteiger partial charge in [-0.15, -0.1) is 0 Å². The molecule has 3 N–H and O–H groups in total. The van der Waals surface area contributed by atoms with E-state index in [4.69, 9.17) is 12.2 Å². The lowest BCUT2D eigenvalue weighted by Crippen LogP contribution is -2.54. The minimum atomic E-state index is -0.183. The number of hydrazine groups is 1. The van der Waals surface area contributed by atoms with Crippen LogP contribution in [0.5, 0.6) is 0 Å². The van der Waals surface area contributed by atoms with Gasteiger partial charge in [-0.2, -0.15) is 0 Å². The van der Waals surface area contributed by atoms with Gasteiger partial charge in [0.25, 0.3) is 0 Å². The standard InChI is InChI=1S/C13H24N4O2S/c1-9(18)17-7-5-6-10(8-17)11(19)15-16-12(20)14-13(2,3)4/h10H,5-8H2,1-4H3,(H,15,19)(H2,14,16,20)/t10-/m1/s1. The Balaban J connectivity index is 2.39. The molecule has 0 aromatic heterocycles. The summed E-state index contributed by atoms with van der Waals surface area (Å²) in [7, 11) is 0. The molecular formula is C13H24N4O2S. The van der Waals surface area contributed by atoms with Crippen LogP contribution >= 0.6 is 12.2 Å². The Morgan fingerprint density at radius 1 is 1.25 bits per heavy atom. The summed E-state index contributed by atoms with van der Waals surface area (Å²) in [5.74, 6) is -0.299. The molecule has 7 heteroatoms. The van der Waals surface area contributed by atoms with E-state index in [9.17, 15) is 9.59 Å². The van der Waals surface area contributed by atoms with E-state index in [1.807, 2.05) is 20.8 Å². The second kappa shape index (κ2) is 6.88. The minimum Gasteiger partial charge on any atom is -0.357 e. The third-order valence-corrected chi connectivity index (χ3v) is 3.23. The maximum atomic E-state index is 12.0. The van der Waals surface area contributed by atoms with Gasteiger partial charge in [0.2, 0.25) is 11.8 Å². The first-order valence-electron chi connectivity index (χ1n) is 6.82. The zero-order valence-corrected chi connectivity index (χ0v) is 13.4. The lowest BCUT2D eigenvalue weighted by Gasteiger charge is -2.31. The third-order valence-electron chi connectivity index (χ3n) is 3.03. The van der Waals surface area contributed by atoms with E-state index in [-0.39, 0.29) is 23.3 Å². The molecule has 1 rings (SSSR count). The first-order valence-corrected chi connectivity index (χ1v) is 7.23. The van der Waals surface area contributed by atoms with E-state index < -0.39 is 0 Å². The molecule has 1 aliphatic heterocycles. The van der Waals surface area contributed by atoms with Crippen molar-refractivity contribution in [3.8, 4) is 0 Å². The number of hydrogen-bond donors (Lipinski definition) is 3. The van der Waals surface area contributed by atoms with Crippen LogP contribution in [0.3, 0.4) is 0 Å². The molecule has 0 saturated carbocycles. The zero-order valence-electron chi connectivity index (χ0n) is 12.6. The summed E-state index contributed by atoms with van der Waals surface area (Å²) < 4.78 is 0. The van der Waals surface area contributed by atoms with Crippen molar-refractivity contribution >= 4 is 29.1 Å². The molecule has 1 saturated heterocycles. The van der Waals surface area contributed by atoms with Crippen LogP contribution in [0.2, 0.25) is 0 Å². The Kier molecular flexibility index (Phi) is 5.74. The zero-order chi connectivity index (χ0) is 15.3. The van der Waals surface area contributed by atoms with Crippen molar-refractivity contribution in [1.29, 1.82) is 0 Å². The number of carbonyl (C=O) groups excluding carboxylic acids is 2. The summed E-state index contributed by atoms with van der Waals surface area (Å²) in [6, 6.07) is 0. The average Bonchev–Trinajstić information content (AvgIpc) is 2.34. The largest absolute Gasteiger partial charge is 0.357 e. The molecule has 0 unspecified atom stereocenters. The van der Waals surface area contributed by atoms with Gasteiger partial charge in [0, 0.05) is 25.6 Å². The van der Waals surface area contributed by atoms with Crippen LogP contribution in [0, 0.1) is 5.92 Å². The maximum Gasteiger partial charge on any atom is 0.243 e. The van der Waals surface area contributed by atoms with Gasteiger partial charge in [-0.1, -0.05) is 0 Å². The monoisotopic (exact) mass is 300 g/mol. The maximum absolute atomic E-state index is 12.0. The molecule has 1 fully saturated rings. The molecule has 0 aromatic rings. The van der Waals surface area contributed by atoms with Gasteiger partial charge in [-0.25, -0.2) is 0 Å². The molecule has 2 amide bonds. The van der Waals surface area contributed by atoms with Crippen LogP contribution in [0.1, 0.15) is 40.5 Å². The Labute approximate surface area is 125 Å². The summed E-state index contributed by atoms with van der Waals surface area (Å²) in [5, 5.41) is 3.43. The highest BCUT2D eigenvalue weighted by Gasteiger charge is 2.27. The first-order chi connectivity index (χ1) is 9.19. The van der Waals surface area contributed by atoms with Crippen LogP contribution in [0.25, 0.3) is 0 Å². The van der Waals surface area contributed by atoms with Crippen molar-refractivity contribution < 1.29 is 9.59 Å². The van der Waals surface area contributed by atoms with Gasteiger partial charge < -0.3 is 10.2 Å². The highest BCUT2D eigenvalue weighted by molar-refractivity contribution is 7.80. The van der Waals surface area contributed by atoms with Gasteiger partial charge in [0.05, 0.1) is 5.92 Å². The number of rotatable bonds is 1. The number of hydrogen-bond acceptors (Lipinski definition) is 3. The predicted octanol–water partition coefficient (Wildman–Crippen LogP) is 0.539. The predicted molar refractivity (Wildman–Crippen MR) is 81.7 cm³/mol. The number of amides is 2. The first kappa shape index (κ1) is 16.7. The van der Waals surface area contributed by atoms with Gasteiger partial charge in [-0.3, -0.25) is 20.4 Å². The molecule has 114 valence electrons. The van der Waals surface area contributed by atoms with E-state index in [2.05, 4.69) is 16.2 Å². The number of carbonyl (C=O) groups is 2. The molecule has 6 nitrogen and oxygen atoms in total. The molecule has 1 atom stereocenters. The van der Waals surface area contributed by atoms with Crippen molar-refractivity contribution in [3.63, 3.8) is 0 Å².